The van der Waals surface area contributed by atoms with Gasteiger partial charge in [-0.15, -0.1) is 0 Å². The number of ether oxygens (including phenoxy) is 3. The quantitative estimate of drug-likeness (QED) is 0.605. The minimum Gasteiger partial charge on any atom is -0.490 e. The van der Waals surface area contributed by atoms with Gasteiger partial charge in [0, 0.05) is 17.3 Å². The molecule has 1 N–H and O–H groups in total. The van der Waals surface area contributed by atoms with Crippen molar-refractivity contribution in [1.82, 2.24) is 4.90 Å². The van der Waals surface area contributed by atoms with Gasteiger partial charge in [0.1, 0.15) is 25.5 Å². The third kappa shape index (κ3) is 5.31. The minimum absolute atomic E-state index is 0.0128. The fourth-order valence-corrected chi connectivity index (χ4v) is 4.08. The molecule has 4 rings (SSSR count). The topological polar surface area (TPSA) is 94.2 Å². The fraction of sp³-hybridized carbons (Fsp3) is 0.292. The van der Waals surface area contributed by atoms with E-state index in [0.717, 1.165) is 23.1 Å². The van der Waals surface area contributed by atoms with E-state index in [1.165, 1.54) is 0 Å². The summed E-state index contributed by atoms with van der Waals surface area (Å²) < 4.78 is 16.9. The summed E-state index contributed by atoms with van der Waals surface area (Å²) in [5.74, 6) is 0.769. The molecular formula is C24H24N2O6S. The number of anilines is 1. The number of carbonyl (C=O) groups excluding carboxylic acids is 3. The van der Waals surface area contributed by atoms with Gasteiger partial charge < -0.3 is 19.5 Å². The van der Waals surface area contributed by atoms with E-state index in [2.05, 4.69) is 5.32 Å². The second kappa shape index (κ2) is 9.99. The van der Waals surface area contributed by atoms with Gasteiger partial charge >= 0.3 is 0 Å². The SMILES string of the molecule is CC[C@H](C)Oc1ccccc1/C=C1/SC(=O)N(CC(=O)Nc2ccc3c(c2)OCCO3)C1=O. The van der Waals surface area contributed by atoms with Crippen LogP contribution in [0.1, 0.15) is 25.8 Å². The lowest BCUT2D eigenvalue weighted by Gasteiger charge is -2.19. The molecule has 2 aliphatic rings. The molecule has 0 saturated carbocycles. The number of fused-ring (bicyclic) bond motifs is 1. The molecule has 0 radical (unpaired) electrons. The molecule has 0 aliphatic carbocycles. The maximum Gasteiger partial charge on any atom is 0.294 e. The Morgan fingerprint density at radius 1 is 1.18 bits per heavy atom. The number of hydrogen-bond donors (Lipinski definition) is 1. The molecule has 0 unspecified atom stereocenters. The maximum atomic E-state index is 12.8. The molecule has 0 aromatic heterocycles. The first-order valence-electron chi connectivity index (χ1n) is 10.6. The number of thioether (sulfide) groups is 1. The molecule has 33 heavy (non-hydrogen) atoms. The molecule has 0 bridgehead atoms. The van der Waals surface area contributed by atoms with E-state index in [9.17, 15) is 14.4 Å². The Morgan fingerprint density at radius 2 is 1.94 bits per heavy atom. The highest BCUT2D eigenvalue weighted by molar-refractivity contribution is 8.18. The van der Waals surface area contributed by atoms with Gasteiger partial charge in [-0.05, 0) is 49.4 Å². The number of benzene rings is 2. The maximum absolute atomic E-state index is 12.8. The van der Waals surface area contributed by atoms with Crippen molar-refractivity contribution in [3.63, 3.8) is 0 Å². The number of nitrogens with zero attached hydrogens (tertiary/aromatic N) is 1. The average molecular weight is 469 g/mol. The Bertz CT molecular complexity index is 1120. The monoisotopic (exact) mass is 468 g/mol. The van der Waals surface area contributed by atoms with Gasteiger partial charge in [0.2, 0.25) is 5.91 Å². The highest BCUT2D eigenvalue weighted by atomic mass is 32.2. The Labute approximate surface area is 195 Å². The van der Waals surface area contributed by atoms with Crippen LogP contribution >= 0.6 is 11.8 Å². The fourth-order valence-electron chi connectivity index (χ4n) is 3.25. The second-order valence-electron chi connectivity index (χ2n) is 7.55. The summed E-state index contributed by atoms with van der Waals surface area (Å²) in [6, 6.07) is 12.3. The Morgan fingerprint density at radius 3 is 2.73 bits per heavy atom. The number of rotatable bonds is 7. The molecule has 2 aromatic carbocycles. The van der Waals surface area contributed by atoms with E-state index in [1.807, 2.05) is 38.1 Å². The summed E-state index contributed by atoms with van der Waals surface area (Å²) in [6.07, 6.45) is 2.48. The van der Waals surface area contributed by atoms with E-state index in [0.29, 0.717) is 41.7 Å². The average Bonchev–Trinajstić information content (AvgIpc) is 3.07. The lowest BCUT2D eigenvalue weighted by molar-refractivity contribution is -0.127. The van der Waals surface area contributed by atoms with Crippen molar-refractivity contribution in [3.05, 3.63) is 52.9 Å². The van der Waals surface area contributed by atoms with Gasteiger partial charge in [-0.2, -0.15) is 0 Å². The number of para-hydroxylation sites is 1. The van der Waals surface area contributed by atoms with E-state index >= 15 is 0 Å². The van der Waals surface area contributed by atoms with Crippen molar-refractivity contribution in [1.29, 1.82) is 0 Å². The van der Waals surface area contributed by atoms with E-state index in [-0.39, 0.29) is 17.6 Å². The highest BCUT2D eigenvalue weighted by Crippen LogP contribution is 2.35. The van der Waals surface area contributed by atoms with Crippen LogP contribution < -0.4 is 19.5 Å². The number of nitrogens with one attached hydrogen (secondary N) is 1. The number of hydrogen-bond acceptors (Lipinski definition) is 7. The Kier molecular flexibility index (Phi) is 6.88. The van der Waals surface area contributed by atoms with Crippen molar-refractivity contribution < 1.29 is 28.6 Å². The van der Waals surface area contributed by atoms with Crippen LogP contribution in [0, 0.1) is 0 Å². The van der Waals surface area contributed by atoms with E-state index in [4.69, 9.17) is 14.2 Å². The normalized spacial score (nSPS) is 17.3. The van der Waals surface area contributed by atoms with Crippen LogP contribution in [0.25, 0.3) is 6.08 Å². The molecule has 1 saturated heterocycles. The molecule has 2 aliphatic heterocycles. The van der Waals surface area contributed by atoms with Crippen molar-refractivity contribution in [2.24, 2.45) is 0 Å². The van der Waals surface area contributed by atoms with Gasteiger partial charge in [-0.3, -0.25) is 19.3 Å². The van der Waals surface area contributed by atoms with Crippen LogP contribution in [0.4, 0.5) is 10.5 Å². The van der Waals surface area contributed by atoms with Gasteiger partial charge in [0.25, 0.3) is 11.1 Å². The summed E-state index contributed by atoms with van der Waals surface area (Å²) in [5.41, 5.74) is 1.19. The zero-order chi connectivity index (χ0) is 23.4. The molecule has 1 atom stereocenters. The molecule has 2 aromatic rings. The summed E-state index contributed by atoms with van der Waals surface area (Å²) in [5, 5.41) is 2.20. The summed E-state index contributed by atoms with van der Waals surface area (Å²) in [4.78, 5) is 39.0. The van der Waals surface area contributed by atoms with Crippen LogP contribution in [0.15, 0.2) is 47.4 Å². The standard InChI is InChI=1S/C24H24N2O6S/c1-3-15(2)32-18-7-5-4-6-16(18)12-21-23(28)26(24(29)33-21)14-22(27)25-17-8-9-19-20(13-17)31-11-10-30-19/h4-9,12-13,15H,3,10-11,14H2,1-2H3,(H,25,27)/b21-12+/t15-/m0/s1. The van der Waals surface area contributed by atoms with Crippen LogP contribution in [0.3, 0.4) is 0 Å². The van der Waals surface area contributed by atoms with Crippen LogP contribution in [0.2, 0.25) is 0 Å². The first kappa shape index (κ1) is 22.7. The van der Waals surface area contributed by atoms with Crippen molar-refractivity contribution >= 4 is 40.6 Å². The van der Waals surface area contributed by atoms with Gasteiger partial charge in [-0.1, -0.05) is 25.1 Å². The molecule has 9 heteroatoms. The molecule has 0 spiro atoms. The number of carbonyl (C=O) groups is 3. The van der Waals surface area contributed by atoms with Gasteiger partial charge in [0.05, 0.1) is 11.0 Å². The first-order chi connectivity index (χ1) is 15.9. The smallest absolute Gasteiger partial charge is 0.294 e. The predicted octanol–water partition coefficient (Wildman–Crippen LogP) is 4.31. The lowest BCUT2D eigenvalue weighted by Crippen LogP contribution is -2.36. The Balaban J connectivity index is 1.44. The zero-order valence-electron chi connectivity index (χ0n) is 18.3. The number of imide groups is 1. The third-order valence-corrected chi connectivity index (χ3v) is 6.02. The lowest BCUT2D eigenvalue weighted by atomic mass is 10.1. The Hall–Kier alpha value is -3.46. The third-order valence-electron chi connectivity index (χ3n) is 5.11. The number of amides is 3. The second-order valence-corrected chi connectivity index (χ2v) is 8.54. The van der Waals surface area contributed by atoms with Crippen LogP contribution in [-0.2, 0) is 9.59 Å². The van der Waals surface area contributed by atoms with E-state index in [1.54, 1.807) is 24.3 Å². The highest BCUT2D eigenvalue weighted by Gasteiger charge is 2.36. The van der Waals surface area contributed by atoms with Crippen molar-refractivity contribution in [2.75, 3.05) is 25.1 Å². The first-order valence-corrected chi connectivity index (χ1v) is 11.5. The summed E-state index contributed by atoms with van der Waals surface area (Å²) in [6.45, 7) is 4.50. The molecule has 8 nitrogen and oxygen atoms in total. The van der Waals surface area contributed by atoms with Crippen LogP contribution in [0.5, 0.6) is 17.2 Å². The molecule has 3 amide bonds. The van der Waals surface area contributed by atoms with Crippen molar-refractivity contribution in [3.8, 4) is 17.2 Å². The van der Waals surface area contributed by atoms with Gasteiger partial charge in [0.15, 0.2) is 11.5 Å². The molecule has 172 valence electrons. The van der Waals surface area contributed by atoms with Gasteiger partial charge in [-0.25, -0.2) is 0 Å². The van der Waals surface area contributed by atoms with Crippen molar-refractivity contribution in [2.45, 2.75) is 26.4 Å². The minimum atomic E-state index is -0.513. The molecule has 2 heterocycles. The molecular weight excluding hydrogens is 444 g/mol. The van der Waals surface area contributed by atoms with E-state index < -0.39 is 17.1 Å². The summed E-state index contributed by atoms with van der Waals surface area (Å²) in [7, 11) is 0. The predicted molar refractivity (Wildman–Crippen MR) is 126 cm³/mol. The summed E-state index contributed by atoms with van der Waals surface area (Å²) >= 11 is 0.803. The zero-order valence-corrected chi connectivity index (χ0v) is 19.1. The largest absolute Gasteiger partial charge is 0.490 e. The van der Waals surface area contributed by atoms with Crippen LogP contribution in [-0.4, -0.2) is 47.8 Å². The molecule has 1 fully saturated rings.